The van der Waals surface area contributed by atoms with Crippen molar-refractivity contribution in [3.63, 3.8) is 0 Å². The molecule has 0 N–H and O–H groups in total. The van der Waals surface area contributed by atoms with E-state index in [9.17, 15) is 8.22 Å². The highest BCUT2D eigenvalue weighted by atomic mass is 15.0. The molecule has 0 spiro atoms. The molecule has 0 aliphatic carbocycles. The molecule has 0 saturated carbocycles. The molecule has 0 amide bonds. The molecule has 0 atom stereocenters. The van der Waals surface area contributed by atoms with E-state index in [1.807, 2.05) is 0 Å². The van der Waals surface area contributed by atoms with Gasteiger partial charge in [0.2, 0.25) is 0 Å². The topological polar surface area (TPSA) is 43.6 Å². The highest BCUT2D eigenvalue weighted by molar-refractivity contribution is 6.10. The van der Waals surface area contributed by atoms with E-state index in [0.29, 0.717) is 0 Å². The number of nitrogens with zero attached hydrogens (tertiary/aromatic N) is 4. The van der Waals surface area contributed by atoms with Crippen LogP contribution in [0.2, 0.25) is 0 Å². The molecule has 0 aliphatic heterocycles. The molecule has 0 unspecified atom stereocenters. The predicted octanol–water partition coefficient (Wildman–Crippen LogP) is 11.3. The lowest BCUT2D eigenvalue weighted by Gasteiger charge is -2.13. The van der Waals surface area contributed by atoms with Crippen molar-refractivity contribution < 1.29 is 34.3 Å². The lowest BCUT2D eigenvalue weighted by Crippen LogP contribution is -2.01. The Bertz CT molecular complexity index is 3940. The Balaban J connectivity index is 1.41. The summed E-state index contributed by atoms with van der Waals surface area (Å²) in [6.45, 7) is 0. The molecule has 0 saturated heterocycles. The van der Waals surface area contributed by atoms with Gasteiger partial charge >= 0.3 is 0 Å². The summed E-state index contributed by atoms with van der Waals surface area (Å²) >= 11 is 0. The van der Waals surface area contributed by atoms with Gasteiger partial charge in [-0.05, 0) is 64.6 Å². The fourth-order valence-electron chi connectivity index (χ4n) is 5.13. The first-order valence-corrected chi connectivity index (χ1v) is 14.4. The molecule has 7 aromatic carbocycles. The monoisotopic (exact) mass is 651 g/mol. The highest BCUT2D eigenvalue weighted by Gasteiger charge is 2.17. The fraction of sp³-hybridized carbons (Fsp3) is 0. The molecule has 2 heterocycles. The average molecular weight is 652 g/mol. The van der Waals surface area contributed by atoms with E-state index in [4.69, 9.17) is 26.0 Å². The molecule has 230 valence electrons. The summed E-state index contributed by atoms with van der Waals surface area (Å²) in [6, 6.07) is -13.9. The molecule has 9 rings (SSSR count). The normalized spacial score (nSPS) is 18.4. The summed E-state index contributed by atoms with van der Waals surface area (Å²) < 4.78 is 221. The SMILES string of the molecule is [2H]c1c([2H])c([2H])c(-c2c([2H])c([2H])c([2H])c([2H])c2-c2nc(-c3ccccc3)nc(-c3c([2H])c([2H])c(-n4c5c([2H])c([2H])c([2H])c([2H])c5c5c([2H])c(-c6c([2H])c([2H])c([2H])c([2H])c6[2H])c([2H])c([2H])c54)c([2H])c3[2H])n2)c([2H])c1[2H]. The van der Waals surface area contributed by atoms with Gasteiger partial charge < -0.3 is 4.57 Å². The third-order valence-corrected chi connectivity index (χ3v) is 7.30. The molecular formula is C45H30N4. The average Bonchev–Trinajstić information content (AvgIpc) is 3.74. The zero-order chi connectivity index (χ0) is 54.3. The van der Waals surface area contributed by atoms with Gasteiger partial charge in [-0.2, -0.15) is 0 Å². The second kappa shape index (κ2) is 12.2. The van der Waals surface area contributed by atoms with Crippen LogP contribution in [0.4, 0.5) is 0 Å². The Morgan fingerprint density at radius 3 is 1.71 bits per heavy atom. The first-order chi connectivity index (χ1) is 34.7. The van der Waals surface area contributed by atoms with Crippen molar-refractivity contribution >= 4 is 21.8 Å². The van der Waals surface area contributed by atoms with Gasteiger partial charge in [0.25, 0.3) is 0 Å². The van der Waals surface area contributed by atoms with Crippen LogP contribution in [0, 0.1) is 0 Å². The number of rotatable bonds is 6. The van der Waals surface area contributed by atoms with E-state index in [0.717, 1.165) is 4.57 Å². The summed E-state index contributed by atoms with van der Waals surface area (Å²) in [5.41, 5.74) is -5.69. The molecule has 4 heteroatoms. The van der Waals surface area contributed by atoms with Crippen LogP contribution in [0.3, 0.4) is 0 Å². The number of fused-ring (bicyclic) bond motifs is 3. The Morgan fingerprint density at radius 2 is 0.959 bits per heavy atom. The van der Waals surface area contributed by atoms with Gasteiger partial charge in [0.15, 0.2) is 17.5 Å². The van der Waals surface area contributed by atoms with Crippen LogP contribution >= 0.6 is 0 Å². The van der Waals surface area contributed by atoms with E-state index >= 15 is 0 Å². The first-order valence-electron chi connectivity index (χ1n) is 26.9. The second-order valence-corrected chi connectivity index (χ2v) is 10.2. The van der Waals surface area contributed by atoms with Crippen LogP contribution in [-0.2, 0) is 0 Å². The standard InChI is InChI=1S/C45H30N4/c1-4-14-31(15-5-1)35-26-29-42-40(30-35)38-21-12-13-23-41(38)49(42)36-27-24-34(25-28-36)44-46-43(33-18-8-3-9-19-33)47-45(48-44)39-22-11-10-20-37(39)32-16-6-2-7-17-32/h1-30H/i1D,2D,4D,5D,6D,7D,10D,11D,12D,13D,14D,15D,16D,17D,20D,21D,22D,23D,24D,25D,26D,27D,28D,29D,30D. The number of benzene rings is 7. The number of hydrogen-bond acceptors (Lipinski definition) is 3. The lowest BCUT2D eigenvalue weighted by atomic mass is 9.99. The maximum absolute atomic E-state index is 9.52. The minimum atomic E-state index is -0.982. The quantitative estimate of drug-likeness (QED) is 0.180. The summed E-state index contributed by atoms with van der Waals surface area (Å²) in [6.07, 6.45) is 0. The van der Waals surface area contributed by atoms with Crippen molar-refractivity contribution in [1.82, 2.24) is 19.5 Å². The molecule has 0 radical (unpaired) electrons. The van der Waals surface area contributed by atoms with Crippen molar-refractivity contribution in [3.8, 4) is 62.1 Å². The molecule has 0 bridgehead atoms. The van der Waals surface area contributed by atoms with E-state index < -0.39 is 224 Å². The van der Waals surface area contributed by atoms with E-state index in [-0.39, 0.29) is 11.4 Å². The van der Waals surface area contributed by atoms with Crippen LogP contribution < -0.4 is 0 Å². The predicted molar refractivity (Wildman–Crippen MR) is 201 cm³/mol. The van der Waals surface area contributed by atoms with Gasteiger partial charge in [0.1, 0.15) is 0 Å². The molecular weight excluding hydrogens is 597 g/mol. The smallest absolute Gasteiger partial charge is 0.164 e. The van der Waals surface area contributed by atoms with Crippen LogP contribution in [-0.4, -0.2) is 19.5 Å². The van der Waals surface area contributed by atoms with Crippen LogP contribution in [0.1, 0.15) is 34.3 Å². The Morgan fingerprint density at radius 1 is 0.388 bits per heavy atom. The zero-order valence-electron chi connectivity index (χ0n) is 49.7. The van der Waals surface area contributed by atoms with Gasteiger partial charge in [-0.25, -0.2) is 15.0 Å². The van der Waals surface area contributed by atoms with Crippen molar-refractivity contribution in [3.05, 3.63) is 181 Å². The molecule has 0 aliphatic rings. The summed E-state index contributed by atoms with van der Waals surface area (Å²) in [5.74, 6) is -1.57. The summed E-state index contributed by atoms with van der Waals surface area (Å²) in [4.78, 5) is 13.4. The molecule has 49 heavy (non-hydrogen) atoms. The van der Waals surface area contributed by atoms with Crippen molar-refractivity contribution in [2.45, 2.75) is 0 Å². The van der Waals surface area contributed by atoms with E-state index in [1.54, 1.807) is 18.2 Å². The molecule has 0 fully saturated rings. The van der Waals surface area contributed by atoms with Crippen LogP contribution in [0.15, 0.2) is 181 Å². The second-order valence-electron chi connectivity index (χ2n) is 10.2. The summed E-state index contributed by atoms with van der Waals surface area (Å²) in [7, 11) is 0. The van der Waals surface area contributed by atoms with Gasteiger partial charge in [0.05, 0.1) is 45.3 Å². The Kier molecular flexibility index (Phi) is 3.17. The van der Waals surface area contributed by atoms with Crippen molar-refractivity contribution in [2.24, 2.45) is 0 Å². The van der Waals surface area contributed by atoms with Crippen LogP contribution in [0.25, 0.3) is 83.9 Å². The Labute approximate surface area is 319 Å². The first kappa shape index (κ1) is 12.8. The van der Waals surface area contributed by atoms with Crippen molar-refractivity contribution in [1.29, 1.82) is 0 Å². The maximum atomic E-state index is 9.52. The molecule has 4 nitrogen and oxygen atoms in total. The third kappa shape index (κ3) is 5.26. The van der Waals surface area contributed by atoms with Gasteiger partial charge in [0, 0.05) is 33.2 Å². The number of para-hydroxylation sites is 1. The van der Waals surface area contributed by atoms with Gasteiger partial charge in [-0.1, -0.05) is 139 Å². The Hall–Kier alpha value is -6.65. The highest BCUT2D eigenvalue weighted by Crippen LogP contribution is 2.36. The molecule has 2 aromatic heterocycles. The van der Waals surface area contributed by atoms with E-state index in [1.165, 1.54) is 12.1 Å². The van der Waals surface area contributed by atoms with Crippen LogP contribution in [0.5, 0.6) is 0 Å². The number of hydrogen-bond donors (Lipinski definition) is 0. The largest absolute Gasteiger partial charge is 0.309 e. The third-order valence-electron chi connectivity index (χ3n) is 7.30. The minimum absolute atomic E-state index is 0.220. The summed E-state index contributed by atoms with van der Waals surface area (Å²) in [5, 5.41) is -1.05. The lowest BCUT2D eigenvalue weighted by molar-refractivity contribution is 1.07. The van der Waals surface area contributed by atoms with Gasteiger partial charge in [-0.3, -0.25) is 0 Å². The maximum Gasteiger partial charge on any atom is 0.164 e. The van der Waals surface area contributed by atoms with Gasteiger partial charge in [-0.15, -0.1) is 0 Å². The van der Waals surface area contributed by atoms with Crippen molar-refractivity contribution in [2.75, 3.05) is 0 Å². The fourth-order valence-corrected chi connectivity index (χ4v) is 5.13. The number of aromatic nitrogens is 4. The zero-order valence-corrected chi connectivity index (χ0v) is 24.7. The molecule has 9 aromatic rings. The van der Waals surface area contributed by atoms with E-state index in [2.05, 4.69) is 15.0 Å². The minimum Gasteiger partial charge on any atom is -0.309 e.